The summed E-state index contributed by atoms with van der Waals surface area (Å²) in [5.41, 5.74) is 0.320. The summed E-state index contributed by atoms with van der Waals surface area (Å²) in [6.45, 7) is 1.42. The standard InChI is InChI=1S/C14H24ClNO2S/c1-19(17,18)16-4-2-3-11(9-16)6-14(10-15)7-12-5-13(12)8-14/h11-13H,2-10H2,1H3. The highest BCUT2D eigenvalue weighted by molar-refractivity contribution is 7.88. The van der Waals surface area contributed by atoms with E-state index in [0.717, 1.165) is 30.6 Å². The molecule has 0 radical (unpaired) electrons. The van der Waals surface area contributed by atoms with Crippen molar-refractivity contribution in [1.82, 2.24) is 4.31 Å². The first kappa shape index (κ1) is 14.2. The van der Waals surface area contributed by atoms with Gasteiger partial charge in [-0.05, 0) is 61.7 Å². The second kappa shape index (κ2) is 4.88. The molecule has 0 aromatic carbocycles. The summed E-state index contributed by atoms with van der Waals surface area (Å²) < 4.78 is 25.0. The predicted octanol–water partition coefficient (Wildman–Crippen LogP) is 2.70. The molecular formula is C14H24ClNO2S. The Bertz CT molecular complexity index is 440. The van der Waals surface area contributed by atoms with Crippen LogP contribution in [0.3, 0.4) is 0 Å². The molecule has 0 spiro atoms. The van der Waals surface area contributed by atoms with Crippen molar-refractivity contribution >= 4 is 21.6 Å². The van der Waals surface area contributed by atoms with Crippen molar-refractivity contribution < 1.29 is 8.42 Å². The maximum atomic E-state index is 11.7. The van der Waals surface area contributed by atoms with Crippen molar-refractivity contribution in [3.8, 4) is 0 Å². The lowest BCUT2D eigenvalue weighted by Gasteiger charge is -2.37. The van der Waals surface area contributed by atoms with Gasteiger partial charge in [-0.1, -0.05) is 0 Å². The molecule has 1 heterocycles. The van der Waals surface area contributed by atoms with Gasteiger partial charge in [-0.25, -0.2) is 12.7 Å². The quantitative estimate of drug-likeness (QED) is 0.749. The predicted molar refractivity (Wildman–Crippen MR) is 77.7 cm³/mol. The highest BCUT2D eigenvalue weighted by atomic mass is 35.5. The normalized spacial score (nSPS) is 43.2. The van der Waals surface area contributed by atoms with E-state index in [9.17, 15) is 8.42 Å². The van der Waals surface area contributed by atoms with Crippen molar-refractivity contribution in [3.05, 3.63) is 0 Å². The first-order valence-electron chi connectivity index (χ1n) is 7.43. The molecule has 2 aliphatic carbocycles. The fourth-order valence-electron chi connectivity index (χ4n) is 4.44. The average Bonchev–Trinajstić information content (AvgIpc) is 2.97. The van der Waals surface area contributed by atoms with E-state index in [2.05, 4.69) is 0 Å². The van der Waals surface area contributed by atoms with Gasteiger partial charge in [-0.15, -0.1) is 11.6 Å². The van der Waals surface area contributed by atoms with E-state index < -0.39 is 10.0 Å². The number of piperidine rings is 1. The Kier molecular flexibility index (Phi) is 3.64. The molecule has 5 heteroatoms. The fourth-order valence-corrected chi connectivity index (χ4v) is 5.71. The zero-order valence-corrected chi connectivity index (χ0v) is 13.2. The minimum atomic E-state index is -3.02. The first-order chi connectivity index (χ1) is 8.92. The third kappa shape index (κ3) is 2.96. The van der Waals surface area contributed by atoms with Gasteiger partial charge in [-0.3, -0.25) is 0 Å². The van der Waals surface area contributed by atoms with Crippen LogP contribution in [0.2, 0.25) is 0 Å². The van der Waals surface area contributed by atoms with E-state index in [4.69, 9.17) is 11.6 Å². The van der Waals surface area contributed by atoms with Gasteiger partial charge in [-0.2, -0.15) is 0 Å². The molecule has 0 aromatic rings. The van der Waals surface area contributed by atoms with Crippen molar-refractivity contribution in [3.63, 3.8) is 0 Å². The molecule has 3 nitrogen and oxygen atoms in total. The molecular weight excluding hydrogens is 282 g/mol. The van der Waals surface area contributed by atoms with Gasteiger partial charge >= 0.3 is 0 Å². The van der Waals surface area contributed by atoms with Gasteiger partial charge in [0, 0.05) is 19.0 Å². The highest BCUT2D eigenvalue weighted by Crippen LogP contribution is 2.62. The van der Waals surface area contributed by atoms with Crippen molar-refractivity contribution in [2.75, 3.05) is 25.2 Å². The minimum absolute atomic E-state index is 0.320. The van der Waals surface area contributed by atoms with Crippen LogP contribution >= 0.6 is 11.6 Å². The Hall–Kier alpha value is 0.200. The van der Waals surface area contributed by atoms with Gasteiger partial charge in [0.2, 0.25) is 10.0 Å². The number of alkyl halides is 1. The van der Waals surface area contributed by atoms with Crippen LogP contribution in [0.15, 0.2) is 0 Å². The lowest BCUT2D eigenvalue weighted by Crippen LogP contribution is -2.41. The number of rotatable bonds is 4. The van der Waals surface area contributed by atoms with Crippen LogP contribution in [-0.4, -0.2) is 37.9 Å². The molecule has 3 aliphatic rings. The fraction of sp³-hybridized carbons (Fsp3) is 1.00. The topological polar surface area (TPSA) is 37.4 Å². The molecule has 0 N–H and O–H groups in total. The number of halogens is 1. The molecule has 3 rings (SSSR count). The molecule has 1 saturated heterocycles. The van der Waals surface area contributed by atoms with Gasteiger partial charge in [0.1, 0.15) is 0 Å². The smallest absolute Gasteiger partial charge is 0.211 e. The van der Waals surface area contributed by atoms with Crippen LogP contribution in [-0.2, 0) is 10.0 Å². The van der Waals surface area contributed by atoms with Gasteiger partial charge in [0.15, 0.2) is 0 Å². The summed E-state index contributed by atoms with van der Waals surface area (Å²) in [6.07, 6.45) is 8.63. The van der Waals surface area contributed by atoms with Crippen LogP contribution < -0.4 is 0 Å². The van der Waals surface area contributed by atoms with Gasteiger partial charge < -0.3 is 0 Å². The van der Waals surface area contributed by atoms with E-state index in [1.807, 2.05) is 0 Å². The molecule has 0 bridgehead atoms. The summed E-state index contributed by atoms with van der Waals surface area (Å²) >= 11 is 6.26. The van der Waals surface area contributed by atoms with Crippen molar-refractivity contribution in [2.24, 2.45) is 23.2 Å². The molecule has 3 unspecified atom stereocenters. The zero-order chi connectivity index (χ0) is 13.7. The molecule has 3 atom stereocenters. The van der Waals surface area contributed by atoms with Crippen LogP contribution in [0, 0.1) is 23.2 Å². The minimum Gasteiger partial charge on any atom is -0.213 e. The Balaban J connectivity index is 1.63. The molecule has 2 saturated carbocycles. The molecule has 3 fully saturated rings. The number of nitrogens with zero attached hydrogens (tertiary/aromatic N) is 1. The number of hydrogen-bond donors (Lipinski definition) is 0. The maximum absolute atomic E-state index is 11.7. The maximum Gasteiger partial charge on any atom is 0.211 e. The van der Waals surface area contributed by atoms with Crippen LogP contribution in [0.25, 0.3) is 0 Å². The number of sulfonamides is 1. The lowest BCUT2D eigenvalue weighted by atomic mass is 9.75. The van der Waals surface area contributed by atoms with E-state index >= 15 is 0 Å². The average molecular weight is 306 g/mol. The largest absolute Gasteiger partial charge is 0.213 e. The third-order valence-corrected chi connectivity index (χ3v) is 7.25. The van der Waals surface area contributed by atoms with E-state index in [-0.39, 0.29) is 0 Å². The van der Waals surface area contributed by atoms with Crippen LogP contribution in [0.1, 0.15) is 38.5 Å². The molecule has 19 heavy (non-hydrogen) atoms. The van der Waals surface area contributed by atoms with E-state index in [1.165, 1.54) is 31.9 Å². The Labute approximate surface area is 121 Å². The lowest BCUT2D eigenvalue weighted by molar-refractivity contribution is 0.171. The Morgan fingerprint density at radius 2 is 2.00 bits per heavy atom. The van der Waals surface area contributed by atoms with Crippen LogP contribution in [0.5, 0.6) is 0 Å². The molecule has 0 amide bonds. The summed E-state index contributed by atoms with van der Waals surface area (Å²) in [7, 11) is -3.02. The Morgan fingerprint density at radius 3 is 2.58 bits per heavy atom. The summed E-state index contributed by atoms with van der Waals surface area (Å²) in [5, 5.41) is 0. The second-order valence-electron chi connectivity index (χ2n) is 7.13. The van der Waals surface area contributed by atoms with Gasteiger partial charge in [0.05, 0.1) is 6.26 Å². The summed E-state index contributed by atoms with van der Waals surface area (Å²) in [4.78, 5) is 0. The molecule has 1 aliphatic heterocycles. The van der Waals surface area contributed by atoms with E-state index in [1.54, 1.807) is 4.31 Å². The molecule has 110 valence electrons. The summed E-state index contributed by atoms with van der Waals surface area (Å²) in [5.74, 6) is 3.15. The third-order valence-electron chi connectivity index (χ3n) is 5.42. The SMILES string of the molecule is CS(=O)(=O)N1CCCC(CC2(CCl)CC3CC3C2)C1. The highest BCUT2D eigenvalue weighted by Gasteiger charge is 2.53. The summed E-state index contributed by atoms with van der Waals surface area (Å²) in [6, 6.07) is 0. The monoisotopic (exact) mass is 305 g/mol. The molecule has 0 aromatic heterocycles. The second-order valence-corrected chi connectivity index (χ2v) is 9.38. The zero-order valence-electron chi connectivity index (χ0n) is 11.6. The number of fused-ring (bicyclic) bond motifs is 1. The van der Waals surface area contributed by atoms with E-state index in [0.29, 0.717) is 24.4 Å². The van der Waals surface area contributed by atoms with Crippen LogP contribution in [0.4, 0.5) is 0 Å². The van der Waals surface area contributed by atoms with Crippen molar-refractivity contribution in [2.45, 2.75) is 38.5 Å². The first-order valence-corrected chi connectivity index (χ1v) is 9.81. The van der Waals surface area contributed by atoms with Gasteiger partial charge in [0.25, 0.3) is 0 Å². The van der Waals surface area contributed by atoms with Crippen molar-refractivity contribution in [1.29, 1.82) is 0 Å². The Morgan fingerprint density at radius 1 is 1.32 bits per heavy atom. The number of hydrogen-bond acceptors (Lipinski definition) is 2.